The zero-order valence-corrected chi connectivity index (χ0v) is 47.2. The van der Waals surface area contributed by atoms with Gasteiger partial charge in [-0.2, -0.15) is 10.5 Å². The number of pyridine rings is 2. The van der Waals surface area contributed by atoms with E-state index in [-0.39, 0.29) is 52.4 Å². The minimum atomic E-state index is -1.01. The smallest absolute Gasteiger partial charge is 0.321 e. The highest BCUT2D eigenvalue weighted by Gasteiger charge is 2.24. The Morgan fingerprint density at radius 1 is 0.524 bits per heavy atom. The van der Waals surface area contributed by atoms with Crippen LogP contribution in [0.5, 0.6) is 23.0 Å². The molecular formula is C66H56Cl2N8O8. The van der Waals surface area contributed by atoms with Gasteiger partial charge in [0.15, 0.2) is 0 Å². The van der Waals surface area contributed by atoms with E-state index in [0.717, 1.165) is 66.3 Å². The summed E-state index contributed by atoms with van der Waals surface area (Å²) in [5, 5.41) is 48.5. The summed E-state index contributed by atoms with van der Waals surface area (Å²) in [4.78, 5) is 40.0. The van der Waals surface area contributed by atoms with Crippen molar-refractivity contribution in [2.45, 2.75) is 78.3 Å². The Morgan fingerprint density at radius 2 is 0.940 bits per heavy atom. The second-order valence-electron chi connectivity index (χ2n) is 20.2. The number of nitriles is 2. The number of aliphatic carboxylic acids is 2. The van der Waals surface area contributed by atoms with E-state index >= 15 is 0 Å². The van der Waals surface area contributed by atoms with Crippen LogP contribution in [-0.4, -0.2) is 54.2 Å². The molecule has 18 heteroatoms. The molecule has 0 aliphatic carbocycles. The number of carboxylic acids is 2. The van der Waals surface area contributed by atoms with Crippen molar-refractivity contribution in [3.8, 4) is 46.3 Å². The fourth-order valence-electron chi connectivity index (χ4n) is 10.1. The fourth-order valence-corrected chi connectivity index (χ4v) is 10.6. The standard InChI is InChI=1S/C66H56Cl2N8O8/c1-39-45(37-83-63-23-61(81-35-43-17-41(25-69)27-71-29-43)49(19-55(63)67)33-75-59(65(77)78)21-47-31-73-57-15-5-3-11-53(47)57)9-7-13-51(39)52-14-8-10-46(40(52)2)38-84-64-24-62(82-36-44-18-42(26-70)28-72-30-44)50(20-56(64)68)34-76-60(66(79)80)22-48-32-74-58-16-6-4-12-54(48)58/h3-20,23-24,27-32,59-60,73-76H,21-22,33-38H2,1-2H3,(H,77,78)(H,79,80)/t59-,60-/m0/s1. The van der Waals surface area contributed by atoms with Crippen LogP contribution in [0.15, 0.2) is 159 Å². The molecule has 0 saturated heterocycles. The average molecular weight is 1160 g/mol. The second kappa shape index (κ2) is 26.5. The molecule has 10 aromatic rings. The predicted octanol–water partition coefficient (Wildman–Crippen LogP) is 12.7. The third-order valence-electron chi connectivity index (χ3n) is 14.7. The molecule has 6 N–H and O–H groups in total. The van der Waals surface area contributed by atoms with Crippen molar-refractivity contribution >= 4 is 56.9 Å². The van der Waals surface area contributed by atoms with Gasteiger partial charge in [0.05, 0.1) is 21.2 Å². The van der Waals surface area contributed by atoms with Crippen molar-refractivity contribution in [2.75, 3.05) is 0 Å². The van der Waals surface area contributed by atoms with Crippen LogP contribution < -0.4 is 29.6 Å². The molecular weight excluding hydrogens is 1100 g/mol. The van der Waals surface area contributed by atoms with Crippen LogP contribution in [0.3, 0.4) is 0 Å². The van der Waals surface area contributed by atoms with E-state index in [1.54, 1.807) is 48.8 Å². The van der Waals surface area contributed by atoms with Crippen molar-refractivity contribution in [2.24, 2.45) is 0 Å². The number of H-pyrrole nitrogens is 2. The van der Waals surface area contributed by atoms with Crippen LogP contribution in [0.2, 0.25) is 10.0 Å². The molecule has 2 atom stereocenters. The van der Waals surface area contributed by atoms with Crippen LogP contribution in [0.1, 0.15) is 66.8 Å². The maximum Gasteiger partial charge on any atom is 0.321 e. The molecule has 0 aliphatic heterocycles. The summed E-state index contributed by atoms with van der Waals surface area (Å²) in [5.74, 6) is -0.522. The molecule has 0 amide bonds. The minimum Gasteiger partial charge on any atom is -0.488 e. The van der Waals surface area contributed by atoms with Crippen LogP contribution in [0.25, 0.3) is 32.9 Å². The first-order valence-corrected chi connectivity index (χ1v) is 27.6. The van der Waals surface area contributed by atoms with Crippen molar-refractivity contribution < 1.29 is 38.7 Å². The number of fused-ring (bicyclic) bond motifs is 2. The zero-order valence-electron chi connectivity index (χ0n) is 45.7. The van der Waals surface area contributed by atoms with Crippen molar-refractivity contribution in [1.29, 1.82) is 10.5 Å². The van der Waals surface area contributed by atoms with E-state index in [4.69, 9.17) is 42.1 Å². The molecule has 10 rings (SSSR count). The fraction of sp³-hybridized carbons (Fsp3) is 0.182. The molecule has 0 unspecified atom stereocenters. The highest BCUT2D eigenvalue weighted by molar-refractivity contribution is 6.32. The number of carboxylic acid groups (broad SMARTS) is 2. The summed E-state index contributed by atoms with van der Waals surface area (Å²) in [6, 6.07) is 40.0. The molecule has 422 valence electrons. The van der Waals surface area contributed by atoms with Crippen molar-refractivity contribution in [3.63, 3.8) is 0 Å². The minimum absolute atomic E-state index is 0.0640. The lowest BCUT2D eigenvalue weighted by Gasteiger charge is -2.20. The van der Waals surface area contributed by atoms with Gasteiger partial charge in [-0.25, -0.2) is 0 Å². The van der Waals surface area contributed by atoms with Gasteiger partial charge in [0.25, 0.3) is 0 Å². The van der Waals surface area contributed by atoms with Gasteiger partial charge in [0.1, 0.15) is 73.6 Å². The van der Waals surface area contributed by atoms with Gasteiger partial charge in [-0.1, -0.05) is 96.0 Å². The van der Waals surface area contributed by atoms with Gasteiger partial charge < -0.3 is 39.1 Å². The highest BCUT2D eigenvalue weighted by Crippen LogP contribution is 2.38. The summed E-state index contributed by atoms with van der Waals surface area (Å²) in [6.45, 7) is 4.69. The number of hydrogen-bond donors (Lipinski definition) is 6. The molecule has 16 nitrogen and oxygen atoms in total. The number of benzene rings is 6. The number of halogens is 2. The quantitative estimate of drug-likeness (QED) is 0.0312. The molecule has 4 aromatic heterocycles. The maximum absolute atomic E-state index is 12.6. The molecule has 4 heterocycles. The number of aromatic nitrogens is 4. The third kappa shape index (κ3) is 13.6. The van der Waals surface area contributed by atoms with E-state index in [9.17, 15) is 30.3 Å². The van der Waals surface area contributed by atoms with Crippen molar-refractivity contribution in [3.05, 3.63) is 235 Å². The van der Waals surface area contributed by atoms with Gasteiger partial charge in [-0.3, -0.25) is 30.2 Å². The van der Waals surface area contributed by atoms with Crippen LogP contribution in [-0.2, 0) is 61.9 Å². The first kappa shape index (κ1) is 57.6. The largest absolute Gasteiger partial charge is 0.488 e. The predicted molar refractivity (Wildman–Crippen MR) is 320 cm³/mol. The summed E-state index contributed by atoms with van der Waals surface area (Å²) < 4.78 is 25.7. The molecule has 0 spiro atoms. The Hall–Kier alpha value is -9.68. The van der Waals surface area contributed by atoms with E-state index < -0.39 is 24.0 Å². The summed E-state index contributed by atoms with van der Waals surface area (Å²) in [5.41, 5.74) is 12.6. The van der Waals surface area contributed by atoms with E-state index in [2.05, 4.69) is 54.8 Å². The second-order valence-corrected chi connectivity index (χ2v) is 21.0. The number of hydrogen-bond acceptors (Lipinski definition) is 12. The maximum atomic E-state index is 12.6. The summed E-state index contributed by atoms with van der Waals surface area (Å²) in [7, 11) is 0. The summed E-state index contributed by atoms with van der Waals surface area (Å²) >= 11 is 13.9. The number of carbonyl (C=O) groups is 2. The zero-order chi connectivity index (χ0) is 58.7. The number of nitrogens with zero attached hydrogens (tertiary/aromatic N) is 4. The molecule has 0 bridgehead atoms. The number of para-hydroxylation sites is 2. The third-order valence-corrected chi connectivity index (χ3v) is 15.3. The highest BCUT2D eigenvalue weighted by atomic mass is 35.5. The number of aromatic amines is 2. The first-order valence-electron chi connectivity index (χ1n) is 26.9. The topological polar surface area (TPSA) is 241 Å². The Balaban J connectivity index is 0.853. The number of nitrogens with one attached hydrogen (secondary N) is 4. The van der Waals surface area contributed by atoms with Crippen LogP contribution in [0.4, 0.5) is 0 Å². The normalized spacial score (nSPS) is 11.9. The average Bonchev–Trinajstić information content (AvgIpc) is 4.27. The van der Waals surface area contributed by atoms with Gasteiger partial charge >= 0.3 is 11.9 Å². The van der Waals surface area contributed by atoms with Gasteiger partial charge in [0, 0.05) is 119 Å². The lowest BCUT2D eigenvalue weighted by atomic mass is 9.92. The van der Waals surface area contributed by atoms with Gasteiger partial charge in [0.2, 0.25) is 0 Å². The monoisotopic (exact) mass is 1160 g/mol. The molecule has 0 saturated carbocycles. The Kier molecular flexibility index (Phi) is 18.1. The van der Waals surface area contributed by atoms with Gasteiger partial charge in [-0.05, 0) is 94.8 Å². The van der Waals surface area contributed by atoms with E-state index in [1.165, 1.54) is 12.4 Å². The lowest BCUT2D eigenvalue weighted by Crippen LogP contribution is -2.38. The Bertz CT molecular complexity index is 3880. The number of rotatable bonds is 25. The van der Waals surface area contributed by atoms with Crippen LogP contribution >= 0.6 is 23.2 Å². The molecule has 0 radical (unpaired) electrons. The molecule has 0 fully saturated rings. The number of ether oxygens (including phenoxy) is 4. The first-order chi connectivity index (χ1) is 40.8. The molecule has 6 aromatic carbocycles. The van der Waals surface area contributed by atoms with E-state index in [1.807, 2.05) is 99.0 Å². The van der Waals surface area contributed by atoms with E-state index in [0.29, 0.717) is 66.4 Å². The summed E-state index contributed by atoms with van der Waals surface area (Å²) in [6.07, 6.45) is 10.3. The molecule has 0 aliphatic rings. The lowest BCUT2D eigenvalue weighted by molar-refractivity contribution is -0.140. The van der Waals surface area contributed by atoms with Crippen LogP contribution in [0, 0.1) is 36.5 Å². The Morgan fingerprint density at radius 3 is 1.36 bits per heavy atom. The molecule has 84 heavy (non-hydrogen) atoms. The van der Waals surface area contributed by atoms with Crippen molar-refractivity contribution in [1.82, 2.24) is 30.6 Å². The van der Waals surface area contributed by atoms with Gasteiger partial charge in [-0.15, -0.1) is 0 Å². The SMILES string of the molecule is Cc1c(COc2cc(OCc3cncc(C#N)c3)c(CN[C@@H](Cc3c[nH]c4ccccc34)C(=O)O)cc2Cl)cccc1-c1cccc(COc2cc(OCc3cncc(C#N)c3)c(CN[C@@H](Cc3c[nH]c4ccccc34)C(=O)O)cc2Cl)c1C. The Labute approximate surface area is 494 Å².